The molecule has 1 atom stereocenters. The van der Waals surface area contributed by atoms with Crippen molar-refractivity contribution in [1.82, 2.24) is 10.2 Å². The molecular formula is C23H24FN3O3. The van der Waals surface area contributed by atoms with Crippen molar-refractivity contribution < 1.29 is 18.8 Å². The zero-order valence-electron chi connectivity index (χ0n) is 16.6. The van der Waals surface area contributed by atoms with Crippen LogP contribution in [0.3, 0.4) is 0 Å². The Labute approximate surface area is 174 Å². The SMILES string of the molecule is O=C(Nc1cccc(C(=O)N2CCCC(C(=O)NC3CC3)C2)c1)c1ccccc1F. The molecule has 30 heavy (non-hydrogen) atoms. The molecule has 2 aromatic carbocycles. The van der Waals surface area contributed by atoms with Gasteiger partial charge in [-0.2, -0.15) is 0 Å². The van der Waals surface area contributed by atoms with Crippen molar-refractivity contribution in [2.45, 2.75) is 31.7 Å². The van der Waals surface area contributed by atoms with Crippen LogP contribution in [0.15, 0.2) is 48.5 Å². The lowest BCUT2D eigenvalue weighted by atomic mass is 9.96. The van der Waals surface area contributed by atoms with Crippen molar-refractivity contribution in [3.8, 4) is 0 Å². The zero-order chi connectivity index (χ0) is 21.1. The van der Waals surface area contributed by atoms with Gasteiger partial charge >= 0.3 is 0 Å². The third-order valence-corrected chi connectivity index (χ3v) is 5.49. The first kappa shape index (κ1) is 20.1. The van der Waals surface area contributed by atoms with E-state index in [0.29, 0.717) is 30.4 Å². The second kappa shape index (κ2) is 8.65. The molecular weight excluding hydrogens is 385 g/mol. The van der Waals surface area contributed by atoms with E-state index in [1.807, 2.05) is 0 Å². The van der Waals surface area contributed by atoms with Crippen LogP contribution < -0.4 is 10.6 Å². The van der Waals surface area contributed by atoms with E-state index in [0.717, 1.165) is 25.7 Å². The maximum absolute atomic E-state index is 13.8. The van der Waals surface area contributed by atoms with Gasteiger partial charge in [0.2, 0.25) is 5.91 Å². The Morgan fingerprint density at radius 3 is 2.57 bits per heavy atom. The van der Waals surface area contributed by atoms with Gasteiger partial charge in [-0.3, -0.25) is 14.4 Å². The minimum absolute atomic E-state index is 0.0286. The molecule has 2 N–H and O–H groups in total. The first-order valence-electron chi connectivity index (χ1n) is 10.3. The lowest BCUT2D eigenvalue weighted by Crippen LogP contribution is -2.45. The number of hydrogen-bond donors (Lipinski definition) is 2. The fraction of sp³-hybridized carbons (Fsp3) is 0.348. The second-order valence-corrected chi connectivity index (χ2v) is 7.89. The maximum atomic E-state index is 13.8. The van der Waals surface area contributed by atoms with Crippen LogP contribution in [-0.2, 0) is 4.79 Å². The highest BCUT2D eigenvalue weighted by atomic mass is 19.1. The van der Waals surface area contributed by atoms with E-state index in [2.05, 4.69) is 10.6 Å². The number of hydrogen-bond acceptors (Lipinski definition) is 3. The van der Waals surface area contributed by atoms with Gasteiger partial charge in [-0.15, -0.1) is 0 Å². The molecule has 1 aliphatic heterocycles. The molecule has 4 rings (SSSR count). The molecule has 0 aromatic heterocycles. The number of halogens is 1. The Morgan fingerprint density at radius 2 is 1.80 bits per heavy atom. The van der Waals surface area contributed by atoms with Crippen LogP contribution >= 0.6 is 0 Å². The molecule has 1 unspecified atom stereocenters. The van der Waals surface area contributed by atoms with E-state index in [4.69, 9.17) is 0 Å². The molecule has 3 amide bonds. The summed E-state index contributed by atoms with van der Waals surface area (Å²) in [6.07, 6.45) is 3.62. The third-order valence-electron chi connectivity index (χ3n) is 5.49. The van der Waals surface area contributed by atoms with Crippen LogP contribution in [0.2, 0.25) is 0 Å². The van der Waals surface area contributed by atoms with Gasteiger partial charge in [-0.25, -0.2) is 4.39 Å². The largest absolute Gasteiger partial charge is 0.353 e. The van der Waals surface area contributed by atoms with Crippen molar-refractivity contribution in [3.05, 3.63) is 65.5 Å². The molecule has 2 fully saturated rings. The lowest BCUT2D eigenvalue weighted by Gasteiger charge is -2.32. The quantitative estimate of drug-likeness (QED) is 0.796. The Bertz CT molecular complexity index is 974. The highest BCUT2D eigenvalue weighted by Gasteiger charge is 2.32. The van der Waals surface area contributed by atoms with E-state index >= 15 is 0 Å². The molecule has 6 nitrogen and oxygen atoms in total. The van der Waals surface area contributed by atoms with Gasteiger partial charge in [0.15, 0.2) is 0 Å². The van der Waals surface area contributed by atoms with Gasteiger partial charge in [0.25, 0.3) is 11.8 Å². The predicted molar refractivity (Wildman–Crippen MR) is 111 cm³/mol. The van der Waals surface area contributed by atoms with Gasteiger partial charge in [-0.1, -0.05) is 18.2 Å². The van der Waals surface area contributed by atoms with E-state index in [9.17, 15) is 18.8 Å². The number of likely N-dealkylation sites (tertiary alicyclic amines) is 1. The Hall–Kier alpha value is -3.22. The maximum Gasteiger partial charge on any atom is 0.258 e. The monoisotopic (exact) mass is 409 g/mol. The highest BCUT2D eigenvalue weighted by molar-refractivity contribution is 6.05. The van der Waals surface area contributed by atoms with Gasteiger partial charge < -0.3 is 15.5 Å². The van der Waals surface area contributed by atoms with Crippen LogP contribution in [0.5, 0.6) is 0 Å². The van der Waals surface area contributed by atoms with Crippen LogP contribution in [0.1, 0.15) is 46.4 Å². The molecule has 1 saturated heterocycles. The number of nitrogens with one attached hydrogen (secondary N) is 2. The molecule has 1 heterocycles. The fourth-order valence-electron chi connectivity index (χ4n) is 3.68. The normalized spacial score (nSPS) is 18.6. The van der Waals surface area contributed by atoms with Crippen molar-refractivity contribution in [3.63, 3.8) is 0 Å². The molecule has 2 aromatic rings. The van der Waals surface area contributed by atoms with E-state index < -0.39 is 11.7 Å². The average Bonchev–Trinajstić information content (AvgIpc) is 3.57. The van der Waals surface area contributed by atoms with Crippen LogP contribution in [-0.4, -0.2) is 41.8 Å². The van der Waals surface area contributed by atoms with Crippen LogP contribution in [0.25, 0.3) is 0 Å². The lowest BCUT2D eigenvalue weighted by molar-refractivity contribution is -0.126. The summed E-state index contributed by atoms with van der Waals surface area (Å²) in [5, 5.41) is 5.66. The summed E-state index contributed by atoms with van der Waals surface area (Å²) in [6.45, 7) is 0.987. The summed E-state index contributed by atoms with van der Waals surface area (Å²) in [7, 11) is 0. The molecule has 0 radical (unpaired) electrons. The fourth-order valence-corrected chi connectivity index (χ4v) is 3.68. The minimum Gasteiger partial charge on any atom is -0.353 e. The third kappa shape index (κ3) is 4.67. The van der Waals surface area contributed by atoms with E-state index in [-0.39, 0.29) is 23.3 Å². The molecule has 1 aliphatic carbocycles. The smallest absolute Gasteiger partial charge is 0.258 e. The Balaban J connectivity index is 1.42. The summed E-state index contributed by atoms with van der Waals surface area (Å²) in [4.78, 5) is 39.4. The summed E-state index contributed by atoms with van der Waals surface area (Å²) in [6, 6.07) is 12.6. The number of nitrogens with zero attached hydrogens (tertiary/aromatic N) is 1. The summed E-state index contributed by atoms with van der Waals surface area (Å²) in [5.74, 6) is -1.52. The summed E-state index contributed by atoms with van der Waals surface area (Å²) >= 11 is 0. The zero-order valence-corrected chi connectivity index (χ0v) is 16.6. The number of benzene rings is 2. The van der Waals surface area contributed by atoms with Gasteiger partial charge in [-0.05, 0) is 56.0 Å². The molecule has 156 valence electrons. The second-order valence-electron chi connectivity index (χ2n) is 7.89. The van der Waals surface area contributed by atoms with Gasteiger partial charge in [0, 0.05) is 30.4 Å². The van der Waals surface area contributed by atoms with Crippen molar-refractivity contribution in [2.75, 3.05) is 18.4 Å². The minimum atomic E-state index is -0.605. The summed E-state index contributed by atoms with van der Waals surface area (Å²) in [5.41, 5.74) is 0.772. The molecule has 0 spiro atoms. The number of piperidine rings is 1. The number of anilines is 1. The van der Waals surface area contributed by atoms with Crippen molar-refractivity contribution >= 4 is 23.4 Å². The van der Waals surface area contributed by atoms with Crippen LogP contribution in [0, 0.1) is 11.7 Å². The Kier molecular flexibility index (Phi) is 5.79. The van der Waals surface area contributed by atoms with Gasteiger partial charge in [0.1, 0.15) is 5.82 Å². The van der Waals surface area contributed by atoms with E-state index in [1.165, 1.54) is 18.2 Å². The number of rotatable bonds is 5. The van der Waals surface area contributed by atoms with Gasteiger partial charge in [0.05, 0.1) is 11.5 Å². The number of carbonyl (C=O) groups is 3. The van der Waals surface area contributed by atoms with E-state index in [1.54, 1.807) is 35.2 Å². The highest BCUT2D eigenvalue weighted by Crippen LogP contribution is 2.23. The molecule has 2 aliphatic rings. The van der Waals surface area contributed by atoms with Crippen molar-refractivity contribution in [1.29, 1.82) is 0 Å². The number of carbonyl (C=O) groups excluding carboxylic acids is 3. The predicted octanol–water partition coefficient (Wildman–Crippen LogP) is 3.21. The van der Waals surface area contributed by atoms with Crippen molar-refractivity contribution in [2.24, 2.45) is 5.92 Å². The molecule has 7 heteroatoms. The molecule has 0 bridgehead atoms. The summed E-state index contributed by atoms with van der Waals surface area (Å²) < 4.78 is 13.8. The first-order valence-corrected chi connectivity index (χ1v) is 10.3. The Morgan fingerprint density at radius 1 is 1.00 bits per heavy atom. The average molecular weight is 409 g/mol. The standard InChI is InChI=1S/C23H24FN3O3/c24-20-9-2-1-8-19(20)22(29)26-18-7-3-5-15(13-18)23(30)27-12-4-6-16(14-27)21(28)25-17-10-11-17/h1-3,5,7-9,13,16-17H,4,6,10-12,14H2,(H,25,28)(H,26,29). The molecule has 1 saturated carbocycles. The first-order chi connectivity index (χ1) is 14.5. The van der Waals surface area contributed by atoms with Crippen LogP contribution in [0.4, 0.5) is 10.1 Å². The topological polar surface area (TPSA) is 78.5 Å². The number of amides is 3.